The van der Waals surface area contributed by atoms with Gasteiger partial charge in [-0.25, -0.2) is 4.79 Å². The van der Waals surface area contributed by atoms with E-state index in [2.05, 4.69) is 14.8 Å². The highest BCUT2D eigenvalue weighted by Gasteiger charge is 2.26. The van der Waals surface area contributed by atoms with Gasteiger partial charge >= 0.3 is 12.6 Å². The Balaban J connectivity index is 2.12. The summed E-state index contributed by atoms with van der Waals surface area (Å²) >= 11 is 0. The van der Waals surface area contributed by atoms with E-state index in [-0.39, 0.29) is 41.3 Å². The van der Waals surface area contributed by atoms with Gasteiger partial charge in [0.05, 0.1) is 18.4 Å². The number of hydrogen-bond acceptors (Lipinski definition) is 5. The normalized spacial score (nSPS) is 20.0. The van der Waals surface area contributed by atoms with Crippen molar-refractivity contribution < 1.29 is 27.8 Å². The third-order valence-corrected chi connectivity index (χ3v) is 4.06. The lowest BCUT2D eigenvalue weighted by Crippen LogP contribution is -2.28. The first kappa shape index (κ1) is 18.1. The lowest BCUT2D eigenvalue weighted by atomic mass is 10.00. The minimum absolute atomic E-state index is 0.0192. The second-order valence-electron chi connectivity index (χ2n) is 5.69. The highest BCUT2D eigenvalue weighted by Crippen LogP contribution is 2.30. The zero-order valence-electron chi connectivity index (χ0n) is 13.3. The monoisotopic (exact) mass is 342 g/mol. The topological polar surface area (TPSA) is 90.7 Å². The average molecular weight is 342 g/mol. The number of ether oxygens (including phenoxy) is 2. The van der Waals surface area contributed by atoms with Gasteiger partial charge in [0.25, 0.3) is 0 Å². The molecule has 0 heterocycles. The maximum Gasteiger partial charge on any atom is 0.387 e. The van der Waals surface area contributed by atoms with E-state index in [0.717, 1.165) is 25.3 Å². The minimum atomic E-state index is -3.09. The molecule has 0 spiro atoms. The Bertz CT molecular complexity index is 610. The van der Waals surface area contributed by atoms with Gasteiger partial charge in [-0.15, -0.1) is 0 Å². The number of methoxy groups -OCH3 is 1. The lowest BCUT2D eigenvalue weighted by molar-refractivity contribution is -0.117. The van der Waals surface area contributed by atoms with Crippen LogP contribution in [0.5, 0.6) is 5.75 Å². The van der Waals surface area contributed by atoms with Crippen molar-refractivity contribution in [3.05, 3.63) is 23.8 Å². The molecule has 1 aliphatic carbocycles. The lowest BCUT2D eigenvalue weighted by Gasteiger charge is -2.16. The summed E-state index contributed by atoms with van der Waals surface area (Å²) in [5, 5.41) is 2.54. The fraction of sp³-hybridized carbons (Fsp3) is 0.500. The van der Waals surface area contributed by atoms with Crippen LogP contribution in [0, 0.1) is 5.92 Å². The van der Waals surface area contributed by atoms with E-state index in [1.165, 1.54) is 19.2 Å². The number of esters is 1. The zero-order chi connectivity index (χ0) is 17.7. The van der Waals surface area contributed by atoms with Crippen molar-refractivity contribution >= 4 is 17.6 Å². The van der Waals surface area contributed by atoms with Gasteiger partial charge in [-0.3, -0.25) is 4.79 Å². The van der Waals surface area contributed by atoms with Crippen LogP contribution in [0.2, 0.25) is 0 Å². The number of amides is 1. The molecule has 1 aromatic rings. The van der Waals surface area contributed by atoms with Gasteiger partial charge in [0, 0.05) is 12.5 Å². The molecule has 1 aliphatic rings. The fourth-order valence-electron chi connectivity index (χ4n) is 2.82. The SMILES string of the molecule is COC(=O)c1ccc(NC(=O)C[C@@H]2CCC[C@H]2N)c(OC(F)F)c1. The first-order valence-corrected chi connectivity index (χ1v) is 7.63. The number of alkyl halides is 2. The maximum atomic E-state index is 12.6. The van der Waals surface area contributed by atoms with Crippen LogP contribution < -0.4 is 15.8 Å². The van der Waals surface area contributed by atoms with E-state index in [4.69, 9.17) is 5.73 Å². The number of rotatable bonds is 6. The first-order valence-electron chi connectivity index (χ1n) is 7.63. The number of benzene rings is 1. The molecular formula is C16H20F2N2O4. The number of carbonyl (C=O) groups is 2. The number of carbonyl (C=O) groups excluding carboxylic acids is 2. The molecule has 2 rings (SSSR count). The van der Waals surface area contributed by atoms with E-state index in [1.54, 1.807) is 0 Å². The van der Waals surface area contributed by atoms with Gasteiger partial charge in [-0.2, -0.15) is 8.78 Å². The molecule has 0 aromatic heterocycles. The summed E-state index contributed by atoms with van der Waals surface area (Å²) in [6.07, 6.45) is 2.95. The van der Waals surface area contributed by atoms with Crippen molar-refractivity contribution in [3.8, 4) is 5.75 Å². The van der Waals surface area contributed by atoms with E-state index in [0.29, 0.717) is 0 Å². The summed E-state index contributed by atoms with van der Waals surface area (Å²) in [5.41, 5.74) is 6.04. The Kier molecular flexibility index (Phi) is 6.08. The van der Waals surface area contributed by atoms with Gasteiger partial charge in [0.1, 0.15) is 5.75 Å². The molecule has 0 radical (unpaired) electrons. The molecule has 132 valence electrons. The number of anilines is 1. The van der Waals surface area contributed by atoms with Crippen molar-refractivity contribution in [3.63, 3.8) is 0 Å². The van der Waals surface area contributed by atoms with Crippen LogP contribution in [-0.4, -0.2) is 31.6 Å². The predicted molar refractivity (Wildman–Crippen MR) is 83.0 cm³/mol. The van der Waals surface area contributed by atoms with Crippen LogP contribution in [0.15, 0.2) is 18.2 Å². The molecule has 6 nitrogen and oxygen atoms in total. The van der Waals surface area contributed by atoms with Crippen molar-refractivity contribution in [2.45, 2.75) is 38.3 Å². The highest BCUT2D eigenvalue weighted by molar-refractivity contribution is 5.95. The molecule has 1 aromatic carbocycles. The first-order chi connectivity index (χ1) is 11.4. The van der Waals surface area contributed by atoms with E-state index >= 15 is 0 Å². The van der Waals surface area contributed by atoms with Gasteiger partial charge in [0.15, 0.2) is 0 Å². The highest BCUT2D eigenvalue weighted by atomic mass is 19.3. The fourth-order valence-corrected chi connectivity index (χ4v) is 2.82. The van der Waals surface area contributed by atoms with Crippen LogP contribution in [0.3, 0.4) is 0 Å². The predicted octanol–water partition coefficient (Wildman–Crippen LogP) is 2.53. The molecule has 1 fully saturated rings. The van der Waals surface area contributed by atoms with Gasteiger partial charge in [-0.05, 0) is 37.0 Å². The Labute approximate surface area is 138 Å². The van der Waals surface area contributed by atoms with E-state index in [1.807, 2.05) is 0 Å². The maximum absolute atomic E-state index is 12.6. The number of nitrogens with two attached hydrogens (primary N) is 1. The number of hydrogen-bond donors (Lipinski definition) is 2. The minimum Gasteiger partial charge on any atom is -0.465 e. The van der Waals surface area contributed by atoms with Crippen molar-refractivity contribution in [2.75, 3.05) is 12.4 Å². The summed E-state index contributed by atoms with van der Waals surface area (Å²) in [4.78, 5) is 23.6. The standard InChI is InChI=1S/C16H20F2N2O4/c1-23-15(22)10-5-6-12(13(7-10)24-16(17)18)20-14(21)8-9-3-2-4-11(9)19/h5-7,9,11,16H,2-4,8,19H2,1H3,(H,20,21)/t9-,11+/m0/s1. The average Bonchev–Trinajstić information content (AvgIpc) is 2.92. The third-order valence-electron chi connectivity index (χ3n) is 4.06. The third kappa shape index (κ3) is 4.64. The van der Waals surface area contributed by atoms with Crippen LogP contribution in [0.4, 0.5) is 14.5 Å². The zero-order valence-corrected chi connectivity index (χ0v) is 13.3. The van der Waals surface area contributed by atoms with Crippen molar-refractivity contribution in [1.29, 1.82) is 0 Å². The number of nitrogens with one attached hydrogen (secondary N) is 1. The van der Waals surface area contributed by atoms with Gasteiger partial charge in [-0.1, -0.05) is 6.42 Å². The van der Waals surface area contributed by atoms with Crippen LogP contribution in [0.25, 0.3) is 0 Å². The number of halogens is 2. The Morgan fingerprint density at radius 2 is 2.12 bits per heavy atom. The van der Waals surface area contributed by atoms with Crippen LogP contribution in [-0.2, 0) is 9.53 Å². The van der Waals surface area contributed by atoms with Crippen molar-refractivity contribution in [2.24, 2.45) is 11.7 Å². The molecule has 24 heavy (non-hydrogen) atoms. The van der Waals surface area contributed by atoms with Gasteiger partial charge < -0.3 is 20.5 Å². The molecule has 1 amide bonds. The Hall–Kier alpha value is -2.22. The molecule has 8 heteroatoms. The summed E-state index contributed by atoms with van der Waals surface area (Å²) in [5.74, 6) is -1.23. The van der Waals surface area contributed by atoms with E-state index in [9.17, 15) is 18.4 Å². The largest absolute Gasteiger partial charge is 0.465 e. The quantitative estimate of drug-likeness (QED) is 0.775. The molecule has 0 aliphatic heterocycles. The molecule has 0 unspecified atom stereocenters. The summed E-state index contributed by atoms with van der Waals surface area (Å²) < 4.78 is 34.1. The summed E-state index contributed by atoms with van der Waals surface area (Å²) in [7, 11) is 1.18. The molecule has 0 bridgehead atoms. The smallest absolute Gasteiger partial charge is 0.387 e. The second kappa shape index (κ2) is 8.05. The van der Waals surface area contributed by atoms with Crippen molar-refractivity contribution in [1.82, 2.24) is 0 Å². The Morgan fingerprint density at radius 3 is 2.71 bits per heavy atom. The summed E-state index contributed by atoms with van der Waals surface area (Å²) in [6.45, 7) is -3.09. The van der Waals surface area contributed by atoms with Crippen LogP contribution >= 0.6 is 0 Å². The second-order valence-corrected chi connectivity index (χ2v) is 5.69. The molecule has 0 saturated heterocycles. The Morgan fingerprint density at radius 1 is 1.38 bits per heavy atom. The van der Waals surface area contributed by atoms with Gasteiger partial charge in [0.2, 0.25) is 5.91 Å². The molecule has 2 atom stereocenters. The van der Waals surface area contributed by atoms with E-state index < -0.39 is 12.6 Å². The molecule has 3 N–H and O–H groups in total. The van der Waals surface area contributed by atoms with Crippen LogP contribution in [0.1, 0.15) is 36.0 Å². The molecular weight excluding hydrogens is 322 g/mol. The summed E-state index contributed by atoms with van der Waals surface area (Å²) in [6, 6.07) is 3.78. The molecule has 1 saturated carbocycles.